The molecule has 0 saturated heterocycles. The van der Waals surface area contributed by atoms with Gasteiger partial charge < -0.3 is 30.7 Å². The van der Waals surface area contributed by atoms with E-state index in [1.54, 1.807) is 0 Å². The van der Waals surface area contributed by atoms with Gasteiger partial charge in [-0.2, -0.15) is 0 Å². The second-order valence-corrected chi connectivity index (χ2v) is 11.1. The summed E-state index contributed by atoms with van der Waals surface area (Å²) in [4.78, 5) is 42.0. The van der Waals surface area contributed by atoms with Crippen molar-refractivity contribution >= 4 is 17.7 Å². The summed E-state index contributed by atoms with van der Waals surface area (Å²) in [6.07, 6.45) is 1.26. The van der Waals surface area contributed by atoms with Crippen molar-refractivity contribution < 1.29 is 24.2 Å². The number of hydrogen-bond acceptors (Lipinski definition) is 6. The SMILES string of the molecule is CCC(C)[C@@H]1NCCOc2ccccc2CCCNC(=O)[C@@H](Cc2ccc(C)cc2)NC(=O)[C@H](C(C)O)N(C)C1=O. The number of rotatable bonds is 5. The van der Waals surface area contributed by atoms with Crippen LogP contribution in [0.5, 0.6) is 5.75 Å². The van der Waals surface area contributed by atoms with Gasteiger partial charge in [0.25, 0.3) is 0 Å². The molecule has 1 aliphatic rings. The van der Waals surface area contributed by atoms with Crippen LogP contribution in [0.25, 0.3) is 0 Å². The smallest absolute Gasteiger partial charge is 0.246 e. The molecule has 3 rings (SSSR count). The average molecular weight is 567 g/mol. The average Bonchev–Trinajstić information content (AvgIpc) is 2.95. The van der Waals surface area contributed by atoms with Gasteiger partial charge in [-0.05, 0) is 49.8 Å². The summed E-state index contributed by atoms with van der Waals surface area (Å²) in [7, 11) is 1.52. The number of aliphatic hydroxyl groups excluding tert-OH is 1. The van der Waals surface area contributed by atoms with Gasteiger partial charge in [-0.1, -0.05) is 68.3 Å². The summed E-state index contributed by atoms with van der Waals surface area (Å²) in [6.45, 7) is 8.66. The number of hydrogen-bond donors (Lipinski definition) is 4. The van der Waals surface area contributed by atoms with Crippen molar-refractivity contribution in [2.45, 2.75) is 77.6 Å². The number of aryl methyl sites for hydroxylation is 2. The molecule has 3 amide bonds. The van der Waals surface area contributed by atoms with E-state index in [1.807, 2.05) is 69.3 Å². The first-order chi connectivity index (χ1) is 19.6. The molecule has 0 spiro atoms. The number of benzene rings is 2. The molecule has 41 heavy (non-hydrogen) atoms. The Morgan fingerprint density at radius 2 is 1.73 bits per heavy atom. The second kappa shape index (κ2) is 15.5. The number of ether oxygens (including phenoxy) is 1. The lowest BCUT2D eigenvalue weighted by Crippen LogP contribution is -2.61. The van der Waals surface area contributed by atoms with Crippen molar-refractivity contribution in [3.05, 3.63) is 65.2 Å². The van der Waals surface area contributed by atoms with E-state index in [1.165, 1.54) is 18.9 Å². The molecule has 9 heteroatoms. The number of para-hydroxylation sites is 1. The molecule has 0 fully saturated rings. The quantitative estimate of drug-likeness (QED) is 0.441. The largest absolute Gasteiger partial charge is 0.492 e. The number of nitrogens with zero attached hydrogens (tertiary/aromatic N) is 1. The van der Waals surface area contributed by atoms with Gasteiger partial charge in [-0.15, -0.1) is 0 Å². The summed E-state index contributed by atoms with van der Waals surface area (Å²) in [5, 5.41) is 19.8. The van der Waals surface area contributed by atoms with Crippen LogP contribution in [0.4, 0.5) is 0 Å². The summed E-state index contributed by atoms with van der Waals surface area (Å²) in [5.41, 5.74) is 3.03. The van der Waals surface area contributed by atoms with Crippen LogP contribution in [-0.2, 0) is 27.2 Å². The maximum Gasteiger partial charge on any atom is 0.246 e. The Morgan fingerprint density at radius 1 is 1.02 bits per heavy atom. The zero-order valence-electron chi connectivity index (χ0n) is 25.0. The van der Waals surface area contributed by atoms with Crippen LogP contribution in [0.1, 0.15) is 50.3 Å². The van der Waals surface area contributed by atoms with E-state index in [9.17, 15) is 19.5 Å². The van der Waals surface area contributed by atoms with Crippen LogP contribution in [0.15, 0.2) is 48.5 Å². The Labute approximate surface area is 244 Å². The molecule has 2 aromatic carbocycles. The van der Waals surface area contributed by atoms with Crippen LogP contribution in [0, 0.1) is 12.8 Å². The van der Waals surface area contributed by atoms with Gasteiger partial charge >= 0.3 is 0 Å². The minimum Gasteiger partial charge on any atom is -0.492 e. The Balaban J connectivity index is 1.92. The van der Waals surface area contributed by atoms with Gasteiger partial charge in [0.1, 0.15) is 24.4 Å². The fourth-order valence-corrected chi connectivity index (χ4v) is 5.11. The van der Waals surface area contributed by atoms with Crippen molar-refractivity contribution in [2.24, 2.45) is 5.92 Å². The van der Waals surface area contributed by atoms with Gasteiger partial charge in [-0.25, -0.2) is 0 Å². The molecular formula is C32H46N4O5. The highest BCUT2D eigenvalue weighted by Gasteiger charge is 2.37. The molecule has 0 aliphatic carbocycles. The molecule has 0 saturated carbocycles. The molecule has 0 radical (unpaired) electrons. The van der Waals surface area contributed by atoms with Gasteiger partial charge in [0.15, 0.2) is 0 Å². The summed E-state index contributed by atoms with van der Waals surface area (Å²) in [6, 6.07) is 13.0. The van der Waals surface area contributed by atoms with E-state index in [4.69, 9.17) is 4.74 Å². The lowest BCUT2D eigenvalue weighted by Gasteiger charge is -2.35. The highest BCUT2D eigenvalue weighted by atomic mass is 16.5. The third-order valence-electron chi connectivity index (χ3n) is 7.78. The predicted octanol–water partition coefficient (Wildman–Crippen LogP) is 2.38. The second-order valence-electron chi connectivity index (χ2n) is 11.1. The molecule has 2 aromatic rings. The Morgan fingerprint density at radius 3 is 2.41 bits per heavy atom. The van der Waals surface area contributed by atoms with Gasteiger partial charge in [0.2, 0.25) is 17.7 Å². The number of nitrogens with one attached hydrogen (secondary N) is 3. The molecular weight excluding hydrogens is 520 g/mol. The highest BCUT2D eigenvalue weighted by molar-refractivity contribution is 5.93. The van der Waals surface area contributed by atoms with E-state index in [0.717, 1.165) is 28.9 Å². The first-order valence-corrected chi connectivity index (χ1v) is 14.6. The maximum atomic E-state index is 13.7. The van der Waals surface area contributed by atoms with Crippen LogP contribution in [0.2, 0.25) is 0 Å². The van der Waals surface area contributed by atoms with Crippen molar-refractivity contribution in [1.29, 1.82) is 0 Å². The number of fused-ring (bicyclic) bond motifs is 1. The molecule has 5 atom stereocenters. The predicted molar refractivity (Wildman–Crippen MR) is 160 cm³/mol. The number of carbonyl (C=O) groups is 3. The number of carbonyl (C=O) groups excluding carboxylic acids is 3. The summed E-state index contributed by atoms with van der Waals surface area (Å²) < 4.78 is 6.07. The number of likely N-dealkylation sites (N-methyl/N-ethyl adjacent to an activating group) is 1. The van der Waals surface area contributed by atoms with Crippen molar-refractivity contribution in [3.8, 4) is 5.75 Å². The Bertz CT molecular complexity index is 1150. The third kappa shape index (κ3) is 9.03. The third-order valence-corrected chi connectivity index (χ3v) is 7.78. The van der Waals surface area contributed by atoms with Crippen molar-refractivity contribution in [3.63, 3.8) is 0 Å². The number of aliphatic hydroxyl groups is 1. The van der Waals surface area contributed by atoms with Crippen LogP contribution < -0.4 is 20.7 Å². The van der Waals surface area contributed by atoms with E-state index in [2.05, 4.69) is 16.0 Å². The van der Waals surface area contributed by atoms with E-state index in [-0.39, 0.29) is 24.2 Å². The van der Waals surface area contributed by atoms with E-state index in [0.29, 0.717) is 32.5 Å². The zero-order valence-corrected chi connectivity index (χ0v) is 25.0. The Hall–Kier alpha value is -3.43. The molecule has 2 unspecified atom stereocenters. The first kappa shape index (κ1) is 32.1. The summed E-state index contributed by atoms with van der Waals surface area (Å²) in [5.74, 6) is -0.447. The standard InChI is InChI=1S/C32H46N4O5/c1-6-22(3)28-32(40)36(5)29(23(4)37)31(39)35-26(20-24-15-13-21(2)14-16-24)30(38)34-17-9-11-25-10-7-8-12-27(25)41-19-18-33-28/h7-8,10,12-16,22-23,26,28-29,33,37H,6,9,11,17-20H2,1-5H3,(H,34,38)(H,35,39)/t22?,23?,26-,28+,29+/m1/s1. The molecule has 224 valence electrons. The van der Waals surface area contributed by atoms with Crippen molar-refractivity contribution in [1.82, 2.24) is 20.9 Å². The lowest BCUT2D eigenvalue weighted by molar-refractivity contribution is -0.146. The molecule has 9 nitrogen and oxygen atoms in total. The zero-order chi connectivity index (χ0) is 29.9. The number of amides is 3. The maximum absolute atomic E-state index is 13.7. The normalized spacial score (nSPS) is 23.2. The molecule has 0 aromatic heterocycles. The topological polar surface area (TPSA) is 120 Å². The molecule has 1 aliphatic heterocycles. The lowest BCUT2D eigenvalue weighted by atomic mass is 9.96. The fraction of sp³-hybridized carbons (Fsp3) is 0.531. The molecule has 1 heterocycles. The monoisotopic (exact) mass is 566 g/mol. The minimum atomic E-state index is -1.17. The minimum absolute atomic E-state index is 0.0272. The Kier molecular flexibility index (Phi) is 12.2. The fourth-order valence-electron chi connectivity index (χ4n) is 5.11. The van der Waals surface area contributed by atoms with E-state index >= 15 is 0 Å². The van der Waals surface area contributed by atoms with Crippen LogP contribution >= 0.6 is 0 Å². The van der Waals surface area contributed by atoms with E-state index < -0.39 is 30.1 Å². The van der Waals surface area contributed by atoms with Crippen LogP contribution in [0.3, 0.4) is 0 Å². The van der Waals surface area contributed by atoms with Gasteiger partial charge in [-0.3, -0.25) is 14.4 Å². The van der Waals surface area contributed by atoms with Gasteiger partial charge in [0, 0.05) is 26.6 Å². The van der Waals surface area contributed by atoms with Crippen LogP contribution in [-0.4, -0.2) is 78.7 Å². The molecule has 0 bridgehead atoms. The van der Waals surface area contributed by atoms with Crippen molar-refractivity contribution in [2.75, 3.05) is 26.7 Å². The first-order valence-electron chi connectivity index (χ1n) is 14.6. The summed E-state index contributed by atoms with van der Waals surface area (Å²) >= 11 is 0. The van der Waals surface area contributed by atoms with Gasteiger partial charge in [0.05, 0.1) is 12.1 Å². The molecule has 4 N–H and O–H groups in total. The highest BCUT2D eigenvalue weighted by Crippen LogP contribution is 2.20.